The largest absolute Gasteiger partial charge is 0.322 e. The molecule has 0 aromatic heterocycles. The molecule has 0 fully saturated rings. The molecule has 0 spiro atoms. The van der Waals surface area contributed by atoms with Gasteiger partial charge in [-0.25, -0.2) is 16.8 Å². The molecule has 0 unspecified atom stereocenters. The van der Waals surface area contributed by atoms with Crippen LogP contribution in [0.15, 0.2) is 71.6 Å². The highest BCUT2D eigenvalue weighted by Crippen LogP contribution is 2.22. The van der Waals surface area contributed by atoms with Crippen LogP contribution in [0, 0.1) is 13.8 Å². The van der Waals surface area contributed by atoms with Crippen LogP contribution in [0.2, 0.25) is 0 Å². The Bertz CT molecular complexity index is 1370. The molecule has 0 bridgehead atoms. The third kappa shape index (κ3) is 5.86. The summed E-state index contributed by atoms with van der Waals surface area (Å²) in [7, 11) is -7.28. The monoisotopic (exact) mass is 473 g/mol. The van der Waals surface area contributed by atoms with Crippen molar-refractivity contribution >= 4 is 43.0 Å². The first-order valence-electron chi connectivity index (χ1n) is 9.53. The molecule has 0 aliphatic rings. The lowest BCUT2D eigenvalue weighted by Crippen LogP contribution is -2.15. The molecule has 3 N–H and O–H groups in total. The first kappa shape index (κ1) is 23.3. The van der Waals surface area contributed by atoms with Gasteiger partial charge in [0.25, 0.3) is 15.9 Å². The Balaban J connectivity index is 1.75. The van der Waals surface area contributed by atoms with E-state index >= 15 is 0 Å². The van der Waals surface area contributed by atoms with Crippen LogP contribution < -0.4 is 14.8 Å². The van der Waals surface area contributed by atoms with Crippen molar-refractivity contribution in [3.8, 4) is 0 Å². The number of sulfonamides is 2. The van der Waals surface area contributed by atoms with E-state index in [0.29, 0.717) is 22.6 Å². The average molecular weight is 474 g/mol. The van der Waals surface area contributed by atoms with Gasteiger partial charge in [-0.3, -0.25) is 14.2 Å². The van der Waals surface area contributed by atoms with Crippen LogP contribution in [0.25, 0.3) is 0 Å². The smallest absolute Gasteiger partial charge is 0.261 e. The van der Waals surface area contributed by atoms with Crippen molar-refractivity contribution in [2.75, 3.05) is 21.0 Å². The van der Waals surface area contributed by atoms with E-state index in [1.165, 1.54) is 30.3 Å². The molecule has 0 saturated carbocycles. The van der Waals surface area contributed by atoms with Crippen LogP contribution in [0.3, 0.4) is 0 Å². The number of para-hydroxylation sites is 1. The molecule has 3 aromatic carbocycles. The molecule has 3 aromatic rings. The second kappa shape index (κ2) is 9.01. The Morgan fingerprint density at radius 3 is 2.00 bits per heavy atom. The van der Waals surface area contributed by atoms with Crippen molar-refractivity contribution in [3.63, 3.8) is 0 Å². The minimum atomic E-state index is -3.79. The third-order valence-electron chi connectivity index (χ3n) is 4.61. The summed E-state index contributed by atoms with van der Waals surface area (Å²) in [6.45, 7) is 3.53. The lowest BCUT2D eigenvalue weighted by Gasteiger charge is -2.12. The summed E-state index contributed by atoms with van der Waals surface area (Å²) in [4.78, 5) is 12.6. The summed E-state index contributed by atoms with van der Waals surface area (Å²) in [5.74, 6) is -0.463. The Morgan fingerprint density at radius 1 is 0.750 bits per heavy atom. The van der Waals surface area contributed by atoms with E-state index in [4.69, 9.17) is 0 Å². The van der Waals surface area contributed by atoms with Crippen LogP contribution in [-0.2, 0) is 20.0 Å². The van der Waals surface area contributed by atoms with Crippen molar-refractivity contribution in [1.82, 2.24) is 0 Å². The zero-order valence-corrected chi connectivity index (χ0v) is 19.3. The number of carbonyl (C=O) groups excluding carboxylic acids is 1. The normalized spacial score (nSPS) is 11.6. The molecular formula is C22H23N3O5S2. The molecule has 168 valence electrons. The van der Waals surface area contributed by atoms with Crippen LogP contribution in [0.4, 0.5) is 17.1 Å². The highest BCUT2D eigenvalue weighted by molar-refractivity contribution is 7.92. The maximum atomic E-state index is 12.6. The van der Waals surface area contributed by atoms with Gasteiger partial charge in [0.1, 0.15) is 0 Å². The second-order valence-corrected chi connectivity index (χ2v) is 10.7. The first-order valence-corrected chi connectivity index (χ1v) is 12.9. The molecule has 3 rings (SSSR count). The van der Waals surface area contributed by atoms with E-state index < -0.39 is 26.0 Å². The minimum absolute atomic E-state index is 0.0497. The number of carbonyl (C=O) groups is 1. The van der Waals surface area contributed by atoms with Gasteiger partial charge < -0.3 is 5.32 Å². The summed E-state index contributed by atoms with van der Waals surface area (Å²) >= 11 is 0. The van der Waals surface area contributed by atoms with Gasteiger partial charge in [-0.2, -0.15) is 0 Å². The van der Waals surface area contributed by atoms with Crippen LogP contribution in [-0.4, -0.2) is 29.0 Å². The number of anilines is 3. The molecule has 8 nitrogen and oxygen atoms in total. The predicted molar refractivity (Wildman–Crippen MR) is 126 cm³/mol. The van der Waals surface area contributed by atoms with Crippen molar-refractivity contribution in [2.24, 2.45) is 0 Å². The molecule has 32 heavy (non-hydrogen) atoms. The molecule has 0 atom stereocenters. The zero-order chi connectivity index (χ0) is 23.5. The fourth-order valence-electron chi connectivity index (χ4n) is 2.88. The molecular weight excluding hydrogens is 450 g/mol. The summed E-state index contributed by atoms with van der Waals surface area (Å²) in [6.07, 6.45) is 1.03. The van der Waals surface area contributed by atoms with E-state index in [9.17, 15) is 21.6 Å². The summed E-state index contributed by atoms with van der Waals surface area (Å²) in [5, 5.41) is 2.67. The topological polar surface area (TPSA) is 121 Å². The zero-order valence-electron chi connectivity index (χ0n) is 17.7. The van der Waals surface area contributed by atoms with Gasteiger partial charge in [-0.05, 0) is 67.4 Å². The molecule has 0 aliphatic carbocycles. The highest BCUT2D eigenvalue weighted by atomic mass is 32.2. The SMILES string of the molecule is Cc1ccc(C(=O)Nc2ccc(S(=O)(=O)Nc3ccccc3C)cc2)cc1NS(C)(=O)=O. The van der Waals surface area contributed by atoms with Gasteiger partial charge in [-0.15, -0.1) is 0 Å². The number of hydrogen-bond acceptors (Lipinski definition) is 5. The van der Waals surface area contributed by atoms with Gasteiger partial charge >= 0.3 is 0 Å². The second-order valence-electron chi connectivity index (χ2n) is 7.30. The van der Waals surface area contributed by atoms with E-state index in [-0.39, 0.29) is 10.5 Å². The quantitative estimate of drug-likeness (QED) is 0.483. The fourth-order valence-corrected chi connectivity index (χ4v) is 4.63. The van der Waals surface area contributed by atoms with Gasteiger partial charge in [0, 0.05) is 11.3 Å². The lowest BCUT2D eigenvalue weighted by molar-refractivity contribution is 0.102. The van der Waals surface area contributed by atoms with Crippen molar-refractivity contribution < 1.29 is 21.6 Å². The standard InChI is InChI=1S/C22H23N3O5S2/c1-15-6-4-5-7-20(15)25-32(29,30)19-12-10-18(11-13-19)23-22(26)17-9-8-16(2)21(14-17)24-31(3,27)28/h4-14,24-25H,1-3H3,(H,23,26). The van der Waals surface area contributed by atoms with Gasteiger partial charge in [0.2, 0.25) is 10.0 Å². The molecule has 0 heterocycles. The third-order valence-corrected chi connectivity index (χ3v) is 6.58. The Hall–Kier alpha value is -3.37. The maximum absolute atomic E-state index is 12.6. The van der Waals surface area contributed by atoms with Crippen LogP contribution in [0.5, 0.6) is 0 Å². The van der Waals surface area contributed by atoms with Gasteiger partial charge in [0.15, 0.2) is 0 Å². The molecule has 0 aliphatic heterocycles. The number of nitrogens with one attached hydrogen (secondary N) is 3. The number of rotatable bonds is 7. The van der Waals surface area contributed by atoms with Crippen LogP contribution >= 0.6 is 0 Å². The highest BCUT2D eigenvalue weighted by Gasteiger charge is 2.16. The Labute approximate surface area is 187 Å². The number of aryl methyl sites for hydroxylation is 2. The molecule has 0 saturated heterocycles. The molecule has 0 radical (unpaired) electrons. The first-order chi connectivity index (χ1) is 14.9. The molecule has 1 amide bonds. The summed E-state index contributed by atoms with van der Waals surface area (Å²) in [5.41, 5.74) is 2.90. The lowest BCUT2D eigenvalue weighted by atomic mass is 10.1. The average Bonchev–Trinajstić information content (AvgIpc) is 2.70. The van der Waals surface area contributed by atoms with E-state index in [2.05, 4.69) is 14.8 Å². The van der Waals surface area contributed by atoms with E-state index in [1.54, 1.807) is 44.2 Å². The Kier molecular flexibility index (Phi) is 6.56. The van der Waals surface area contributed by atoms with Crippen molar-refractivity contribution in [1.29, 1.82) is 0 Å². The number of amides is 1. The van der Waals surface area contributed by atoms with E-state index in [1.807, 2.05) is 6.07 Å². The maximum Gasteiger partial charge on any atom is 0.261 e. The number of hydrogen-bond donors (Lipinski definition) is 3. The van der Waals surface area contributed by atoms with Crippen molar-refractivity contribution in [2.45, 2.75) is 18.7 Å². The predicted octanol–water partition coefficient (Wildman–Crippen LogP) is 3.73. The summed E-state index contributed by atoms with van der Waals surface area (Å²) < 4.78 is 53.2. The Morgan fingerprint density at radius 2 is 1.38 bits per heavy atom. The molecule has 10 heteroatoms. The van der Waals surface area contributed by atoms with Gasteiger partial charge in [0.05, 0.1) is 22.5 Å². The summed E-state index contributed by atoms with van der Waals surface area (Å²) in [6, 6.07) is 17.4. The minimum Gasteiger partial charge on any atom is -0.322 e. The van der Waals surface area contributed by atoms with Gasteiger partial charge in [-0.1, -0.05) is 24.3 Å². The fraction of sp³-hybridized carbons (Fsp3) is 0.136. The van der Waals surface area contributed by atoms with Crippen LogP contribution in [0.1, 0.15) is 21.5 Å². The number of benzene rings is 3. The van der Waals surface area contributed by atoms with Crippen molar-refractivity contribution in [3.05, 3.63) is 83.4 Å². The van der Waals surface area contributed by atoms with E-state index in [0.717, 1.165) is 11.8 Å².